The Labute approximate surface area is 131 Å². The molecule has 0 atom stereocenters. The maximum absolute atomic E-state index is 12.0. The van der Waals surface area contributed by atoms with Gasteiger partial charge in [0.1, 0.15) is 0 Å². The SMILES string of the molecule is O=c1oc(Cc2ccccc2)nc2c(Br)cc(Br)cc12. The van der Waals surface area contributed by atoms with Crippen LogP contribution in [0.5, 0.6) is 0 Å². The fourth-order valence-corrected chi connectivity index (χ4v) is 3.30. The summed E-state index contributed by atoms with van der Waals surface area (Å²) in [7, 11) is 0. The van der Waals surface area contributed by atoms with Gasteiger partial charge in [0.25, 0.3) is 0 Å². The summed E-state index contributed by atoms with van der Waals surface area (Å²) in [5.74, 6) is 0.414. The molecule has 1 heterocycles. The van der Waals surface area contributed by atoms with E-state index in [4.69, 9.17) is 4.42 Å². The van der Waals surface area contributed by atoms with E-state index in [0.29, 0.717) is 23.2 Å². The molecule has 5 heteroatoms. The highest BCUT2D eigenvalue weighted by Crippen LogP contribution is 2.25. The lowest BCUT2D eigenvalue weighted by Gasteiger charge is -2.04. The van der Waals surface area contributed by atoms with Crippen molar-refractivity contribution in [3.8, 4) is 0 Å². The van der Waals surface area contributed by atoms with Gasteiger partial charge in [-0.3, -0.25) is 0 Å². The quantitative estimate of drug-likeness (QED) is 0.650. The van der Waals surface area contributed by atoms with E-state index in [-0.39, 0.29) is 5.63 Å². The number of benzene rings is 2. The second kappa shape index (κ2) is 5.50. The topological polar surface area (TPSA) is 43.1 Å². The van der Waals surface area contributed by atoms with Crippen LogP contribution in [0.1, 0.15) is 11.5 Å². The predicted molar refractivity (Wildman–Crippen MR) is 84.9 cm³/mol. The summed E-state index contributed by atoms with van der Waals surface area (Å²) in [6.45, 7) is 0. The van der Waals surface area contributed by atoms with E-state index in [1.54, 1.807) is 6.07 Å². The van der Waals surface area contributed by atoms with Gasteiger partial charge < -0.3 is 4.42 Å². The molecule has 2 aromatic carbocycles. The number of aromatic nitrogens is 1. The van der Waals surface area contributed by atoms with Crippen molar-refractivity contribution < 1.29 is 4.42 Å². The Bertz CT molecular complexity index is 828. The Hall–Kier alpha value is -1.46. The highest BCUT2D eigenvalue weighted by atomic mass is 79.9. The lowest BCUT2D eigenvalue weighted by Crippen LogP contribution is -2.06. The molecule has 0 aliphatic carbocycles. The van der Waals surface area contributed by atoms with Crippen LogP contribution in [0.4, 0.5) is 0 Å². The maximum atomic E-state index is 12.0. The van der Waals surface area contributed by atoms with Crippen molar-refractivity contribution in [2.45, 2.75) is 6.42 Å². The van der Waals surface area contributed by atoms with Gasteiger partial charge in [-0.2, -0.15) is 0 Å². The molecule has 0 bridgehead atoms. The molecular formula is C15H9Br2NO2. The van der Waals surface area contributed by atoms with Crippen LogP contribution in [-0.4, -0.2) is 4.98 Å². The van der Waals surface area contributed by atoms with Crippen LogP contribution in [0.15, 0.2) is 60.6 Å². The van der Waals surface area contributed by atoms with E-state index >= 15 is 0 Å². The molecule has 3 aromatic rings. The normalized spacial score (nSPS) is 10.9. The van der Waals surface area contributed by atoms with Crippen molar-refractivity contribution in [1.82, 2.24) is 4.98 Å². The fourth-order valence-electron chi connectivity index (χ4n) is 1.99. The first-order chi connectivity index (χ1) is 9.63. The van der Waals surface area contributed by atoms with E-state index in [0.717, 1.165) is 14.5 Å². The molecule has 0 fully saturated rings. The zero-order chi connectivity index (χ0) is 14.1. The molecule has 3 rings (SSSR count). The Balaban J connectivity index is 2.13. The Morgan fingerprint density at radius 1 is 1.10 bits per heavy atom. The third-order valence-electron chi connectivity index (χ3n) is 2.89. The van der Waals surface area contributed by atoms with Gasteiger partial charge in [0, 0.05) is 15.4 Å². The lowest BCUT2D eigenvalue weighted by molar-refractivity contribution is 0.454. The molecule has 0 amide bonds. The van der Waals surface area contributed by atoms with Crippen molar-refractivity contribution >= 4 is 42.8 Å². The molecule has 0 radical (unpaired) electrons. The summed E-state index contributed by atoms with van der Waals surface area (Å²) < 4.78 is 6.87. The second-order valence-corrected chi connectivity index (χ2v) is 6.11. The van der Waals surface area contributed by atoms with Crippen molar-refractivity contribution in [3.63, 3.8) is 0 Å². The van der Waals surface area contributed by atoms with Crippen LogP contribution in [-0.2, 0) is 6.42 Å². The van der Waals surface area contributed by atoms with Gasteiger partial charge >= 0.3 is 5.63 Å². The molecule has 0 N–H and O–H groups in total. The molecule has 0 spiro atoms. The minimum absolute atomic E-state index is 0.372. The first-order valence-corrected chi connectivity index (χ1v) is 7.55. The van der Waals surface area contributed by atoms with Crippen molar-refractivity contribution in [2.24, 2.45) is 0 Å². The highest BCUT2D eigenvalue weighted by Gasteiger charge is 2.10. The molecule has 0 saturated carbocycles. The summed E-state index contributed by atoms with van der Waals surface area (Å²) in [6, 6.07) is 13.4. The van der Waals surface area contributed by atoms with E-state index in [2.05, 4.69) is 36.8 Å². The first kappa shape index (κ1) is 13.5. The molecule has 20 heavy (non-hydrogen) atoms. The highest BCUT2D eigenvalue weighted by molar-refractivity contribution is 9.11. The van der Waals surface area contributed by atoms with Gasteiger partial charge in [-0.15, -0.1) is 0 Å². The summed E-state index contributed by atoms with van der Waals surface area (Å²) in [5.41, 5.74) is 1.30. The monoisotopic (exact) mass is 393 g/mol. The van der Waals surface area contributed by atoms with E-state index < -0.39 is 0 Å². The minimum atomic E-state index is -0.372. The van der Waals surface area contributed by atoms with Gasteiger partial charge in [0.15, 0.2) is 0 Å². The summed E-state index contributed by atoms with van der Waals surface area (Å²) >= 11 is 6.78. The van der Waals surface area contributed by atoms with Gasteiger partial charge in [-0.1, -0.05) is 46.3 Å². The Morgan fingerprint density at radius 2 is 1.85 bits per heavy atom. The van der Waals surface area contributed by atoms with Crippen LogP contribution >= 0.6 is 31.9 Å². The van der Waals surface area contributed by atoms with Crippen LogP contribution in [0.25, 0.3) is 10.9 Å². The Morgan fingerprint density at radius 3 is 2.60 bits per heavy atom. The summed E-state index contributed by atoms with van der Waals surface area (Å²) in [6.07, 6.45) is 0.495. The number of nitrogens with zero attached hydrogens (tertiary/aromatic N) is 1. The Kier molecular flexibility index (Phi) is 3.72. The van der Waals surface area contributed by atoms with E-state index in [1.165, 1.54) is 0 Å². The second-order valence-electron chi connectivity index (χ2n) is 4.34. The zero-order valence-electron chi connectivity index (χ0n) is 10.3. The largest absolute Gasteiger partial charge is 0.408 e. The lowest BCUT2D eigenvalue weighted by atomic mass is 10.1. The standard InChI is InChI=1S/C15H9Br2NO2/c16-10-7-11-14(12(17)8-10)18-13(20-15(11)19)6-9-4-2-1-3-5-9/h1-5,7-8H,6H2. The van der Waals surface area contributed by atoms with E-state index in [1.807, 2.05) is 36.4 Å². The van der Waals surface area contributed by atoms with E-state index in [9.17, 15) is 4.79 Å². The van der Waals surface area contributed by atoms with Crippen LogP contribution in [0, 0.1) is 0 Å². The minimum Gasteiger partial charge on any atom is -0.408 e. The van der Waals surface area contributed by atoms with Crippen molar-refractivity contribution in [1.29, 1.82) is 0 Å². The predicted octanol–water partition coefficient (Wildman–Crippen LogP) is 4.30. The fraction of sp³-hybridized carbons (Fsp3) is 0.0667. The van der Waals surface area contributed by atoms with Gasteiger partial charge in [0.05, 0.1) is 10.9 Å². The molecule has 1 aromatic heterocycles. The number of hydrogen-bond donors (Lipinski definition) is 0. The molecule has 0 saturated heterocycles. The smallest absolute Gasteiger partial charge is 0.346 e. The average molecular weight is 395 g/mol. The van der Waals surface area contributed by atoms with Gasteiger partial charge in [-0.05, 0) is 33.6 Å². The molecule has 0 unspecified atom stereocenters. The van der Waals surface area contributed by atoms with Crippen LogP contribution < -0.4 is 5.63 Å². The van der Waals surface area contributed by atoms with Crippen molar-refractivity contribution in [3.05, 3.63) is 73.3 Å². The maximum Gasteiger partial charge on any atom is 0.346 e. The molecule has 100 valence electrons. The molecular weight excluding hydrogens is 386 g/mol. The number of fused-ring (bicyclic) bond motifs is 1. The molecule has 0 aliphatic heterocycles. The molecule has 0 aliphatic rings. The number of hydrogen-bond acceptors (Lipinski definition) is 3. The average Bonchev–Trinajstić information content (AvgIpc) is 2.41. The summed E-state index contributed by atoms with van der Waals surface area (Å²) in [4.78, 5) is 16.5. The molecule has 3 nitrogen and oxygen atoms in total. The van der Waals surface area contributed by atoms with Crippen LogP contribution in [0.2, 0.25) is 0 Å². The van der Waals surface area contributed by atoms with Crippen molar-refractivity contribution in [2.75, 3.05) is 0 Å². The summed E-state index contributed by atoms with van der Waals surface area (Å²) in [5, 5.41) is 0.461. The number of halogens is 2. The zero-order valence-corrected chi connectivity index (χ0v) is 13.4. The number of rotatable bonds is 2. The van der Waals surface area contributed by atoms with Gasteiger partial charge in [-0.25, -0.2) is 9.78 Å². The van der Waals surface area contributed by atoms with Gasteiger partial charge in [0.2, 0.25) is 5.89 Å². The van der Waals surface area contributed by atoms with Crippen LogP contribution in [0.3, 0.4) is 0 Å². The first-order valence-electron chi connectivity index (χ1n) is 5.96. The third-order valence-corrected chi connectivity index (χ3v) is 3.96. The third kappa shape index (κ3) is 2.69.